The summed E-state index contributed by atoms with van der Waals surface area (Å²) in [5.74, 6) is 2.15. The van der Waals surface area contributed by atoms with Gasteiger partial charge >= 0.3 is 0 Å². The molecule has 134 valence electrons. The van der Waals surface area contributed by atoms with Crippen LogP contribution in [0.1, 0.15) is 15.9 Å². The fraction of sp³-hybridized carbons (Fsp3) is 0.176. The lowest BCUT2D eigenvalue weighted by Gasteiger charge is -2.25. The average molecular weight is 392 g/mol. The first kappa shape index (κ1) is 18.2. The van der Waals surface area contributed by atoms with Crippen LogP contribution in [0.5, 0.6) is 5.75 Å². The van der Waals surface area contributed by atoms with E-state index in [0.717, 1.165) is 28.9 Å². The first-order valence-corrected chi connectivity index (χ1v) is 9.18. The number of rotatable bonds is 6. The maximum absolute atomic E-state index is 12.1. The van der Waals surface area contributed by atoms with Gasteiger partial charge in [-0.05, 0) is 29.8 Å². The summed E-state index contributed by atoms with van der Waals surface area (Å²) in [7, 11) is 0. The summed E-state index contributed by atoms with van der Waals surface area (Å²) in [6, 6.07) is 11.2. The predicted molar refractivity (Wildman–Crippen MR) is 101 cm³/mol. The molecule has 2 aromatic carbocycles. The Hall–Kier alpha value is -2.58. The zero-order valence-electron chi connectivity index (χ0n) is 13.4. The number of carbonyl (C=O) groups is 1. The average Bonchev–Trinajstić information content (AvgIpc) is 2.58. The van der Waals surface area contributed by atoms with E-state index in [1.165, 1.54) is 18.3 Å². The van der Waals surface area contributed by atoms with Crippen molar-refractivity contribution in [2.45, 2.75) is 6.10 Å². The van der Waals surface area contributed by atoms with Crippen LogP contribution in [0.4, 0.5) is 5.69 Å². The Bertz CT molecular complexity index is 871. The number of amides is 1. The van der Waals surface area contributed by atoms with E-state index in [4.69, 9.17) is 16.3 Å². The molecule has 0 radical (unpaired) electrons. The van der Waals surface area contributed by atoms with Gasteiger partial charge in [-0.25, -0.2) is 5.43 Å². The molecule has 26 heavy (non-hydrogen) atoms. The molecule has 0 aliphatic carbocycles. The van der Waals surface area contributed by atoms with E-state index in [1.807, 2.05) is 36.0 Å². The second-order valence-electron chi connectivity index (χ2n) is 5.47. The molecule has 0 saturated carbocycles. The number of hydrogen-bond donors (Lipinski definition) is 1. The van der Waals surface area contributed by atoms with Crippen molar-refractivity contribution in [3.05, 3.63) is 68.7 Å². The third-order valence-electron chi connectivity index (χ3n) is 3.55. The molecule has 0 atom stereocenters. The number of nitro benzene ring substituents is 1. The molecule has 3 rings (SSSR count). The minimum Gasteiger partial charge on any atom is -0.489 e. The molecule has 1 amide bonds. The number of carbonyl (C=O) groups excluding carboxylic acids is 1. The third-order valence-corrected chi connectivity index (χ3v) is 5.09. The lowest BCUT2D eigenvalue weighted by molar-refractivity contribution is -0.384. The Balaban J connectivity index is 1.63. The molecule has 1 aliphatic rings. The number of benzene rings is 2. The van der Waals surface area contributed by atoms with Crippen molar-refractivity contribution in [3.8, 4) is 5.75 Å². The van der Waals surface area contributed by atoms with Gasteiger partial charge in [0.2, 0.25) is 0 Å². The van der Waals surface area contributed by atoms with E-state index in [-0.39, 0.29) is 22.4 Å². The van der Waals surface area contributed by atoms with Gasteiger partial charge in [0.1, 0.15) is 16.9 Å². The summed E-state index contributed by atoms with van der Waals surface area (Å²) in [6.07, 6.45) is 1.72. The van der Waals surface area contributed by atoms with Gasteiger partial charge in [0.25, 0.3) is 11.6 Å². The molecule has 1 heterocycles. The lowest BCUT2D eigenvalue weighted by atomic mass is 10.2. The largest absolute Gasteiger partial charge is 0.489 e. The topological polar surface area (TPSA) is 93.8 Å². The van der Waals surface area contributed by atoms with E-state index in [2.05, 4.69) is 10.5 Å². The van der Waals surface area contributed by atoms with Gasteiger partial charge in [-0.3, -0.25) is 14.9 Å². The smallest absolute Gasteiger partial charge is 0.288 e. The van der Waals surface area contributed by atoms with Crippen LogP contribution in [0.3, 0.4) is 0 Å². The third kappa shape index (κ3) is 4.53. The Morgan fingerprint density at radius 1 is 1.35 bits per heavy atom. The normalized spacial score (nSPS) is 14.0. The lowest BCUT2D eigenvalue weighted by Crippen LogP contribution is -2.31. The zero-order chi connectivity index (χ0) is 18.5. The molecule has 7 nitrogen and oxygen atoms in total. The Labute approximate surface area is 158 Å². The highest BCUT2D eigenvalue weighted by Gasteiger charge is 2.19. The second kappa shape index (κ2) is 8.20. The summed E-state index contributed by atoms with van der Waals surface area (Å²) in [4.78, 5) is 22.3. The Kier molecular flexibility index (Phi) is 5.75. The number of halogens is 1. The first-order chi connectivity index (χ1) is 12.5. The Morgan fingerprint density at radius 2 is 2.15 bits per heavy atom. The monoisotopic (exact) mass is 391 g/mol. The summed E-state index contributed by atoms with van der Waals surface area (Å²) in [6.45, 7) is 0. The SMILES string of the molecule is O=C(N/N=C\c1cccc(OC2CSC2)c1)c1ccc(Cl)c([N+](=O)[O-])c1. The highest BCUT2D eigenvalue weighted by Crippen LogP contribution is 2.25. The van der Waals surface area contributed by atoms with E-state index < -0.39 is 10.8 Å². The molecular formula is C17H14ClN3O4S. The standard InChI is InChI=1S/C17H14ClN3O4S/c18-15-5-4-12(7-16(15)21(23)24)17(22)20-19-8-11-2-1-3-13(6-11)25-14-9-26-10-14/h1-8,14H,9-10H2,(H,20,22)/b19-8-. The maximum Gasteiger partial charge on any atom is 0.288 e. The minimum atomic E-state index is -0.644. The van der Waals surface area contributed by atoms with E-state index in [0.29, 0.717) is 0 Å². The van der Waals surface area contributed by atoms with Crippen molar-refractivity contribution in [3.63, 3.8) is 0 Å². The van der Waals surface area contributed by atoms with E-state index >= 15 is 0 Å². The summed E-state index contributed by atoms with van der Waals surface area (Å²) in [5, 5.41) is 14.7. The number of ether oxygens (including phenoxy) is 1. The molecule has 0 spiro atoms. The second-order valence-corrected chi connectivity index (χ2v) is 6.95. The number of hydrazone groups is 1. The molecule has 1 fully saturated rings. The maximum atomic E-state index is 12.1. The molecule has 0 unspecified atom stereocenters. The fourth-order valence-electron chi connectivity index (χ4n) is 2.17. The molecular weight excluding hydrogens is 378 g/mol. The highest BCUT2D eigenvalue weighted by atomic mass is 35.5. The zero-order valence-corrected chi connectivity index (χ0v) is 15.0. The molecule has 0 bridgehead atoms. The van der Waals surface area contributed by atoms with Gasteiger partial charge in [0, 0.05) is 23.1 Å². The van der Waals surface area contributed by atoms with Crippen LogP contribution in [-0.4, -0.2) is 34.7 Å². The van der Waals surface area contributed by atoms with Gasteiger partial charge in [0.05, 0.1) is 11.1 Å². The molecule has 1 N–H and O–H groups in total. The fourth-order valence-corrected chi connectivity index (χ4v) is 2.92. The first-order valence-electron chi connectivity index (χ1n) is 7.65. The van der Waals surface area contributed by atoms with Crippen LogP contribution in [0.15, 0.2) is 47.6 Å². The van der Waals surface area contributed by atoms with Gasteiger partial charge in [0.15, 0.2) is 0 Å². The predicted octanol–water partition coefficient (Wildman–Crippen LogP) is 3.51. The van der Waals surface area contributed by atoms with Gasteiger partial charge in [-0.15, -0.1) is 0 Å². The van der Waals surface area contributed by atoms with Crippen LogP contribution in [-0.2, 0) is 0 Å². The van der Waals surface area contributed by atoms with Gasteiger partial charge in [-0.2, -0.15) is 16.9 Å². The van der Waals surface area contributed by atoms with Crippen LogP contribution >= 0.6 is 23.4 Å². The summed E-state index contributed by atoms with van der Waals surface area (Å²) in [5.41, 5.74) is 2.86. The molecule has 9 heteroatoms. The van der Waals surface area contributed by atoms with E-state index in [9.17, 15) is 14.9 Å². The molecule has 2 aromatic rings. The quantitative estimate of drug-likeness (QED) is 0.462. The van der Waals surface area contributed by atoms with Crippen LogP contribution in [0.2, 0.25) is 5.02 Å². The highest BCUT2D eigenvalue weighted by molar-refractivity contribution is 8.00. The van der Waals surface area contributed by atoms with Gasteiger partial charge in [-0.1, -0.05) is 23.7 Å². The number of hydrogen-bond acceptors (Lipinski definition) is 6. The van der Waals surface area contributed by atoms with E-state index in [1.54, 1.807) is 0 Å². The van der Waals surface area contributed by atoms with Crippen molar-refractivity contribution < 1.29 is 14.5 Å². The van der Waals surface area contributed by atoms with Crippen molar-refractivity contribution in [2.75, 3.05) is 11.5 Å². The number of nitro groups is 1. The summed E-state index contributed by atoms with van der Waals surface area (Å²) < 4.78 is 5.79. The number of nitrogens with one attached hydrogen (secondary N) is 1. The molecule has 1 aliphatic heterocycles. The molecule has 1 saturated heterocycles. The summed E-state index contributed by atoms with van der Waals surface area (Å²) >= 11 is 7.57. The van der Waals surface area contributed by atoms with Crippen molar-refractivity contribution in [1.82, 2.24) is 5.43 Å². The molecule has 0 aromatic heterocycles. The van der Waals surface area contributed by atoms with Crippen LogP contribution in [0.25, 0.3) is 0 Å². The van der Waals surface area contributed by atoms with Crippen molar-refractivity contribution in [2.24, 2.45) is 5.10 Å². The van der Waals surface area contributed by atoms with Gasteiger partial charge < -0.3 is 4.74 Å². The van der Waals surface area contributed by atoms with Crippen LogP contribution in [0, 0.1) is 10.1 Å². The van der Waals surface area contributed by atoms with Crippen LogP contribution < -0.4 is 10.2 Å². The number of nitrogens with zero attached hydrogens (tertiary/aromatic N) is 2. The Morgan fingerprint density at radius 3 is 2.85 bits per heavy atom. The number of thioether (sulfide) groups is 1. The van der Waals surface area contributed by atoms with Crippen molar-refractivity contribution >= 4 is 41.2 Å². The van der Waals surface area contributed by atoms with Crippen molar-refractivity contribution in [1.29, 1.82) is 0 Å². The minimum absolute atomic E-state index is 0.0308.